The van der Waals surface area contributed by atoms with E-state index in [1.165, 1.54) is 17.7 Å². The summed E-state index contributed by atoms with van der Waals surface area (Å²) >= 11 is 0. The molecular formula is C15H13F2N. The number of rotatable bonds is 1. The summed E-state index contributed by atoms with van der Waals surface area (Å²) in [4.78, 5) is 0. The van der Waals surface area contributed by atoms with E-state index in [1.807, 2.05) is 12.1 Å². The van der Waals surface area contributed by atoms with Crippen LogP contribution in [0.2, 0.25) is 0 Å². The molecule has 3 heteroatoms. The Morgan fingerprint density at radius 3 is 2.44 bits per heavy atom. The minimum absolute atomic E-state index is 0.0444. The monoisotopic (exact) mass is 245 g/mol. The van der Waals surface area contributed by atoms with Gasteiger partial charge in [-0.2, -0.15) is 0 Å². The van der Waals surface area contributed by atoms with Crippen LogP contribution in [0, 0.1) is 11.6 Å². The summed E-state index contributed by atoms with van der Waals surface area (Å²) in [5.74, 6) is -1.18. The third kappa shape index (κ3) is 1.67. The fourth-order valence-electron chi connectivity index (χ4n) is 2.70. The van der Waals surface area contributed by atoms with Crippen molar-refractivity contribution >= 4 is 5.69 Å². The molecule has 0 aromatic heterocycles. The molecule has 2 aromatic rings. The van der Waals surface area contributed by atoms with Crippen LogP contribution in [-0.4, -0.2) is 0 Å². The Morgan fingerprint density at radius 1 is 1.00 bits per heavy atom. The smallest absolute Gasteiger partial charge is 0.136 e. The summed E-state index contributed by atoms with van der Waals surface area (Å²) in [6.07, 6.45) is 2.92. The molecule has 1 aliphatic carbocycles. The highest BCUT2D eigenvalue weighted by Crippen LogP contribution is 2.35. The van der Waals surface area contributed by atoms with Crippen LogP contribution >= 0.6 is 0 Å². The zero-order valence-corrected chi connectivity index (χ0v) is 9.84. The topological polar surface area (TPSA) is 26.0 Å². The zero-order valence-electron chi connectivity index (χ0n) is 9.84. The molecule has 0 saturated carbocycles. The van der Waals surface area contributed by atoms with Gasteiger partial charge in [0.05, 0.1) is 5.56 Å². The minimum atomic E-state index is -0.590. The van der Waals surface area contributed by atoms with E-state index < -0.39 is 11.6 Å². The van der Waals surface area contributed by atoms with Gasteiger partial charge in [0.2, 0.25) is 0 Å². The van der Waals surface area contributed by atoms with Gasteiger partial charge >= 0.3 is 0 Å². The van der Waals surface area contributed by atoms with Crippen molar-refractivity contribution < 1.29 is 8.78 Å². The van der Waals surface area contributed by atoms with E-state index >= 15 is 0 Å². The van der Waals surface area contributed by atoms with Crippen molar-refractivity contribution in [3.8, 4) is 11.1 Å². The van der Waals surface area contributed by atoms with E-state index in [2.05, 4.69) is 0 Å². The summed E-state index contributed by atoms with van der Waals surface area (Å²) in [7, 11) is 0. The van der Waals surface area contributed by atoms with Gasteiger partial charge in [0, 0.05) is 5.69 Å². The first-order chi connectivity index (χ1) is 8.66. The maximum atomic E-state index is 13.9. The van der Waals surface area contributed by atoms with Gasteiger partial charge in [0.25, 0.3) is 0 Å². The molecule has 0 atom stereocenters. The summed E-state index contributed by atoms with van der Waals surface area (Å²) < 4.78 is 27.9. The normalized spacial score (nSPS) is 13.7. The number of halogens is 2. The van der Waals surface area contributed by atoms with E-state index in [1.54, 1.807) is 6.07 Å². The minimum Gasteiger partial charge on any atom is -0.399 e. The van der Waals surface area contributed by atoms with Crippen molar-refractivity contribution in [1.29, 1.82) is 0 Å². The second-order valence-electron chi connectivity index (χ2n) is 4.66. The van der Waals surface area contributed by atoms with E-state index in [-0.39, 0.29) is 11.3 Å². The molecule has 0 unspecified atom stereocenters. The van der Waals surface area contributed by atoms with Crippen LogP contribution in [0.1, 0.15) is 17.5 Å². The highest BCUT2D eigenvalue weighted by Gasteiger charge is 2.20. The lowest BCUT2D eigenvalue weighted by Gasteiger charge is -2.11. The number of fused-ring (bicyclic) bond motifs is 1. The lowest BCUT2D eigenvalue weighted by Crippen LogP contribution is -1.97. The zero-order chi connectivity index (χ0) is 12.7. The van der Waals surface area contributed by atoms with Crippen molar-refractivity contribution in [3.05, 3.63) is 53.1 Å². The van der Waals surface area contributed by atoms with Crippen LogP contribution in [0.25, 0.3) is 11.1 Å². The third-order valence-corrected chi connectivity index (χ3v) is 3.48. The third-order valence-electron chi connectivity index (χ3n) is 3.48. The molecule has 0 amide bonds. The van der Waals surface area contributed by atoms with Gasteiger partial charge in [-0.05, 0) is 48.1 Å². The number of hydrogen-bond acceptors (Lipinski definition) is 1. The van der Waals surface area contributed by atoms with E-state index in [0.29, 0.717) is 5.56 Å². The summed E-state index contributed by atoms with van der Waals surface area (Å²) in [5, 5.41) is 0. The molecule has 18 heavy (non-hydrogen) atoms. The van der Waals surface area contributed by atoms with Crippen molar-refractivity contribution in [1.82, 2.24) is 0 Å². The predicted molar refractivity (Wildman–Crippen MR) is 68.2 cm³/mol. The molecular weight excluding hydrogens is 232 g/mol. The maximum absolute atomic E-state index is 13.9. The van der Waals surface area contributed by atoms with Gasteiger partial charge in [0.1, 0.15) is 11.6 Å². The van der Waals surface area contributed by atoms with Crippen molar-refractivity contribution in [2.24, 2.45) is 0 Å². The number of anilines is 1. The summed E-state index contributed by atoms with van der Waals surface area (Å²) in [6.45, 7) is 0. The van der Waals surface area contributed by atoms with Crippen LogP contribution in [0.3, 0.4) is 0 Å². The van der Waals surface area contributed by atoms with E-state index in [9.17, 15) is 8.78 Å². The molecule has 0 radical (unpaired) electrons. The van der Waals surface area contributed by atoms with Gasteiger partial charge in [-0.1, -0.05) is 18.2 Å². The number of hydrogen-bond donors (Lipinski definition) is 1. The van der Waals surface area contributed by atoms with Crippen LogP contribution in [0.15, 0.2) is 30.3 Å². The number of nitrogen functional groups attached to an aromatic ring is 1. The Hall–Kier alpha value is -1.90. The molecule has 92 valence electrons. The molecule has 3 rings (SSSR count). The van der Waals surface area contributed by atoms with Crippen LogP contribution < -0.4 is 5.73 Å². The standard InChI is InChI=1S/C15H13F2N/c16-13-7-10(18)8-14(17)15(13)12-6-2-4-9-3-1-5-11(9)12/h2,4,6-8H,1,3,5,18H2. The first-order valence-corrected chi connectivity index (χ1v) is 6.02. The lowest BCUT2D eigenvalue weighted by atomic mass is 9.96. The second kappa shape index (κ2) is 4.09. The fraction of sp³-hybridized carbons (Fsp3) is 0.200. The molecule has 1 nitrogen and oxygen atoms in total. The van der Waals surface area contributed by atoms with Crippen molar-refractivity contribution in [2.75, 3.05) is 5.73 Å². The molecule has 0 bridgehead atoms. The molecule has 2 aromatic carbocycles. The average Bonchev–Trinajstić information content (AvgIpc) is 2.76. The van der Waals surface area contributed by atoms with Crippen molar-refractivity contribution in [3.63, 3.8) is 0 Å². The highest BCUT2D eigenvalue weighted by atomic mass is 19.1. The average molecular weight is 245 g/mol. The molecule has 0 fully saturated rings. The van der Waals surface area contributed by atoms with E-state index in [0.717, 1.165) is 24.8 Å². The number of aryl methyl sites for hydroxylation is 1. The van der Waals surface area contributed by atoms with Gasteiger partial charge in [-0.25, -0.2) is 8.78 Å². The Balaban J connectivity index is 2.25. The van der Waals surface area contributed by atoms with E-state index in [4.69, 9.17) is 5.73 Å². The molecule has 2 N–H and O–H groups in total. The Bertz CT molecular complexity index is 597. The van der Waals surface area contributed by atoms with Crippen LogP contribution in [0.5, 0.6) is 0 Å². The first-order valence-electron chi connectivity index (χ1n) is 6.02. The van der Waals surface area contributed by atoms with Gasteiger partial charge in [-0.15, -0.1) is 0 Å². The first kappa shape index (κ1) is 11.2. The summed E-state index contributed by atoms with van der Waals surface area (Å²) in [5.41, 5.74) is 8.53. The molecule has 1 aliphatic rings. The fourth-order valence-corrected chi connectivity index (χ4v) is 2.70. The van der Waals surface area contributed by atoms with Crippen LogP contribution in [0.4, 0.5) is 14.5 Å². The predicted octanol–water partition coefficient (Wildman–Crippen LogP) is 3.70. The van der Waals surface area contributed by atoms with Gasteiger partial charge in [0.15, 0.2) is 0 Å². The molecule has 0 heterocycles. The molecule has 0 spiro atoms. The highest BCUT2D eigenvalue weighted by molar-refractivity contribution is 5.72. The van der Waals surface area contributed by atoms with Crippen LogP contribution in [-0.2, 0) is 12.8 Å². The SMILES string of the molecule is Nc1cc(F)c(-c2cccc3c2CCC3)c(F)c1. The van der Waals surface area contributed by atoms with Crippen molar-refractivity contribution in [2.45, 2.75) is 19.3 Å². The number of nitrogens with two attached hydrogens (primary N) is 1. The quantitative estimate of drug-likeness (QED) is 0.762. The maximum Gasteiger partial charge on any atom is 0.136 e. The summed E-state index contributed by atoms with van der Waals surface area (Å²) in [6, 6.07) is 8.01. The second-order valence-corrected chi connectivity index (χ2v) is 4.66. The van der Waals surface area contributed by atoms with Gasteiger partial charge in [-0.3, -0.25) is 0 Å². The Morgan fingerprint density at radius 2 is 1.72 bits per heavy atom. The lowest BCUT2D eigenvalue weighted by molar-refractivity contribution is 0.590. The Labute approximate surface area is 104 Å². The largest absolute Gasteiger partial charge is 0.399 e. The Kier molecular flexibility index (Phi) is 2.54. The molecule has 0 aliphatic heterocycles. The van der Waals surface area contributed by atoms with Gasteiger partial charge < -0.3 is 5.73 Å². The molecule has 0 saturated heterocycles. The number of benzene rings is 2.